The summed E-state index contributed by atoms with van der Waals surface area (Å²) in [6.45, 7) is 10.9. The zero-order chi connectivity index (χ0) is 24.7. The molecule has 1 saturated heterocycles. The fourth-order valence-electron chi connectivity index (χ4n) is 4.52. The van der Waals surface area contributed by atoms with E-state index in [-0.39, 0.29) is 16.4 Å². The van der Waals surface area contributed by atoms with Crippen LogP contribution in [0, 0.1) is 5.92 Å². The van der Waals surface area contributed by atoms with E-state index in [1.165, 1.54) is 22.5 Å². The number of hydrogen-bond donors (Lipinski definition) is 2. The van der Waals surface area contributed by atoms with Gasteiger partial charge in [0.25, 0.3) is 5.91 Å². The van der Waals surface area contributed by atoms with Gasteiger partial charge < -0.3 is 15.2 Å². The molecule has 1 aliphatic heterocycles. The summed E-state index contributed by atoms with van der Waals surface area (Å²) < 4.78 is 27.9. The van der Waals surface area contributed by atoms with Gasteiger partial charge in [-0.15, -0.1) is 0 Å². The molecule has 1 fully saturated rings. The van der Waals surface area contributed by atoms with E-state index in [1.54, 1.807) is 6.07 Å². The van der Waals surface area contributed by atoms with Crippen LogP contribution in [0.2, 0.25) is 0 Å². The first-order chi connectivity index (χ1) is 16.3. The van der Waals surface area contributed by atoms with Crippen LogP contribution in [0.25, 0.3) is 10.9 Å². The lowest BCUT2D eigenvalue weighted by Gasteiger charge is -2.29. The zero-order valence-corrected chi connectivity index (χ0v) is 21.4. The highest BCUT2D eigenvalue weighted by Crippen LogP contribution is 2.26. The monoisotopic (exact) mass is 490 g/mol. The van der Waals surface area contributed by atoms with Gasteiger partial charge in [0, 0.05) is 36.6 Å². The molecule has 1 amide bonds. The zero-order valence-electron chi connectivity index (χ0n) is 20.6. The van der Waals surface area contributed by atoms with Crippen molar-refractivity contribution in [3.8, 4) is 0 Å². The van der Waals surface area contributed by atoms with Gasteiger partial charge in [0.1, 0.15) is 0 Å². The molecular weight excluding hydrogens is 452 g/mol. The van der Waals surface area contributed by atoms with Gasteiger partial charge in [-0.05, 0) is 75.9 Å². The Morgan fingerprint density at radius 1 is 1.12 bits per heavy atom. The molecule has 2 aromatic rings. The van der Waals surface area contributed by atoms with Crippen molar-refractivity contribution >= 4 is 26.8 Å². The van der Waals surface area contributed by atoms with E-state index in [9.17, 15) is 18.0 Å². The number of aromatic amines is 1. The van der Waals surface area contributed by atoms with Crippen LogP contribution in [0.5, 0.6) is 0 Å². The minimum absolute atomic E-state index is 0.144. The molecule has 1 aromatic heterocycles. The van der Waals surface area contributed by atoms with Gasteiger partial charge in [-0.2, -0.15) is 4.31 Å². The maximum atomic E-state index is 13.2. The second-order valence-corrected chi connectivity index (χ2v) is 11.2. The van der Waals surface area contributed by atoms with E-state index in [0.717, 1.165) is 51.7 Å². The quantitative estimate of drug-likeness (QED) is 0.471. The van der Waals surface area contributed by atoms with Crippen molar-refractivity contribution in [1.29, 1.82) is 0 Å². The molecule has 0 radical (unpaired) electrons. The molecule has 34 heavy (non-hydrogen) atoms. The molecule has 0 spiro atoms. The first kappa shape index (κ1) is 26.4. The predicted octanol–water partition coefficient (Wildman–Crippen LogP) is 3.19. The van der Waals surface area contributed by atoms with Gasteiger partial charge in [-0.3, -0.25) is 9.59 Å². The molecule has 8 nitrogen and oxygen atoms in total. The van der Waals surface area contributed by atoms with Crippen molar-refractivity contribution in [3.63, 3.8) is 0 Å². The van der Waals surface area contributed by atoms with Crippen LogP contribution >= 0.6 is 0 Å². The molecule has 188 valence electrons. The second kappa shape index (κ2) is 12.0. The van der Waals surface area contributed by atoms with Crippen molar-refractivity contribution in [2.75, 3.05) is 39.3 Å². The van der Waals surface area contributed by atoms with Crippen LogP contribution in [0.4, 0.5) is 0 Å². The Morgan fingerprint density at radius 3 is 2.44 bits per heavy atom. The molecule has 0 atom stereocenters. The van der Waals surface area contributed by atoms with E-state index in [4.69, 9.17) is 0 Å². The Bertz CT molecular complexity index is 1130. The fourth-order valence-corrected chi connectivity index (χ4v) is 6.02. The van der Waals surface area contributed by atoms with E-state index in [1.807, 2.05) is 0 Å². The predicted molar refractivity (Wildman–Crippen MR) is 136 cm³/mol. The summed E-state index contributed by atoms with van der Waals surface area (Å²) in [6, 6.07) is 5.83. The van der Waals surface area contributed by atoms with Crippen LogP contribution in [0.15, 0.2) is 34.0 Å². The van der Waals surface area contributed by atoms with Crippen molar-refractivity contribution in [1.82, 2.24) is 19.5 Å². The highest BCUT2D eigenvalue weighted by Gasteiger charge is 2.28. The van der Waals surface area contributed by atoms with Crippen molar-refractivity contribution in [2.45, 2.75) is 57.8 Å². The number of aromatic nitrogens is 1. The smallest absolute Gasteiger partial charge is 0.252 e. The average Bonchev–Trinajstić information content (AvgIpc) is 2.81. The lowest BCUT2D eigenvalue weighted by atomic mass is 10.0. The number of pyridine rings is 1. The SMILES string of the molecule is CCCN(CCC)CCCNC(=O)c1cc(=O)[nH]c2ccc(S(=O)(=O)N3CCC(C)CC3)cc12. The Balaban J connectivity index is 1.78. The molecule has 9 heteroatoms. The third-order valence-electron chi connectivity index (χ3n) is 6.46. The largest absolute Gasteiger partial charge is 0.352 e. The van der Waals surface area contributed by atoms with Gasteiger partial charge in [-0.1, -0.05) is 20.8 Å². The number of rotatable bonds is 11. The highest BCUT2D eigenvalue weighted by atomic mass is 32.2. The van der Waals surface area contributed by atoms with Crippen molar-refractivity contribution < 1.29 is 13.2 Å². The molecular formula is C25H38N4O4S. The number of H-pyrrole nitrogens is 1. The van der Waals surface area contributed by atoms with Crippen LogP contribution in [-0.2, 0) is 10.0 Å². The van der Waals surface area contributed by atoms with E-state index >= 15 is 0 Å². The number of hydrogen-bond acceptors (Lipinski definition) is 5. The fraction of sp³-hybridized carbons (Fsp3) is 0.600. The molecule has 0 unspecified atom stereocenters. The Labute approximate surface area is 202 Å². The Kier molecular flexibility index (Phi) is 9.27. The topological polar surface area (TPSA) is 103 Å². The summed E-state index contributed by atoms with van der Waals surface area (Å²) in [6.07, 6.45) is 4.66. The second-order valence-electron chi connectivity index (χ2n) is 9.29. The number of amides is 1. The highest BCUT2D eigenvalue weighted by molar-refractivity contribution is 7.89. The molecule has 2 N–H and O–H groups in total. The van der Waals surface area contributed by atoms with E-state index < -0.39 is 15.6 Å². The lowest BCUT2D eigenvalue weighted by Crippen LogP contribution is -2.37. The third-order valence-corrected chi connectivity index (χ3v) is 8.35. The normalized spacial score (nSPS) is 15.8. The summed E-state index contributed by atoms with van der Waals surface area (Å²) in [4.78, 5) is 30.4. The summed E-state index contributed by atoms with van der Waals surface area (Å²) in [5, 5.41) is 3.34. The van der Waals surface area contributed by atoms with Crippen LogP contribution < -0.4 is 10.9 Å². The Morgan fingerprint density at radius 2 is 1.79 bits per heavy atom. The number of piperidine rings is 1. The molecule has 2 heterocycles. The number of nitrogens with zero attached hydrogens (tertiary/aromatic N) is 2. The maximum Gasteiger partial charge on any atom is 0.252 e. The third kappa shape index (κ3) is 6.46. The summed E-state index contributed by atoms with van der Waals surface area (Å²) in [5.41, 5.74) is 0.248. The lowest BCUT2D eigenvalue weighted by molar-refractivity contribution is 0.0953. The summed E-state index contributed by atoms with van der Waals surface area (Å²) >= 11 is 0. The molecule has 0 bridgehead atoms. The van der Waals surface area contributed by atoms with Crippen LogP contribution in [0.1, 0.15) is 63.2 Å². The number of sulfonamides is 1. The number of nitrogens with one attached hydrogen (secondary N) is 2. The molecule has 3 rings (SSSR count). The average molecular weight is 491 g/mol. The number of carbonyl (C=O) groups is 1. The van der Waals surface area contributed by atoms with Gasteiger partial charge in [-0.25, -0.2) is 8.42 Å². The molecule has 1 aromatic carbocycles. The number of fused-ring (bicyclic) bond motifs is 1. The molecule has 1 aliphatic rings. The Hall–Kier alpha value is -2.23. The summed E-state index contributed by atoms with van der Waals surface area (Å²) in [7, 11) is -3.67. The first-order valence-electron chi connectivity index (χ1n) is 12.4. The van der Waals surface area contributed by atoms with Crippen molar-refractivity contribution in [2.24, 2.45) is 5.92 Å². The van der Waals surface area contributed by atoms with Gasteiger partial charge in [0.15, 0.2) is 0 Å². The van der Waals surface area contributed by atoms with Crippen LogP contribution in [-0.4, -0.2) is 67.8 Å². The standard InChI is InChI=1S/C25H38N4O4S/c1-4-12-28(13-5-2)14-6-11-26-25(31)22-18-24(30)27-23-8-7-20(17-21(22)23)34(32,33)29-15-9-19(3)10-16-29/h7-8,17-19H,4-6,9-16H2,1-3H3,(H,26,31)(H,27,30). The van der Waals surface area contributed by atoms with Gasteiger partial charge in [0.05, 0.1) is 10.5 Å². The molecule has 0 aliphatic carbocycles. The van der Waals surface area contributed by atoms with E-state index in [0.29, 0.717) is 36.5 Å². The number of benzene rings is 1. The minimum Gasteiger partial charge on any atom is -0.352 e. The number of carbonyl (C=O) groups excluding carboxylic acids is 1. The van der Waals surface area contributed by atoms with Crippen LogP contribution in [0.3, 0.4) is 0 Å². The minimum atomic E-state index is -3.67. The van der Waals surface area contributed by atoms with Crippen molar-refractivity contribution in [3.05, 3.63) is 40.2 Å². The van der Waals surface area contributed by atoms with Gasteiger partial charge in [0.2, 0.25) is 15.6 Å². The van der Waals surface area contributed by atoms with E-state index in [2.05, 4.69) is 36.0 Å². The molecule has 0 saturated carbocycles. The summed E-state index contributed by atoms with van der Waals surface area (Å²) in [5.74, 6) is 0.148. The van der Waals surface area contributed by atoms with Gasteiger partial charge >= 0.3 is 0 Å². The maximum absolute atomic E-state index is 13.2. The first-order valence-corrected chi connectivity index (χ1v) is 13.9.